The topological polar surface area (TPSA) is 105 Å². The molecule has 1 atom stereocenters. The second-order valence-electron chi connectivity index (χ2n) is 7.32. The predicted octanol–water partition coefficient (Wildman–Crippen LogP) is 1.69. The fourth-order valence-electron chi connectivity index (χ4n) is 2.67. The zero-order valence-electron chi connectivity index (χ0n) is 15.5. The molecule has 0 bridgehead atoms. The second-order valence-corrected chi connectivity index (χ2v) is 9.00. The molecule has 2 rings (SSSR count). The lowest BCUT2D eigenvalue weighted by molar-refractivity contribution is -0.0492. The Morgan fingerprint density at radius 3 is 2.42 bits per heavy atom. The molecule has 26 heavy (non-hydrogen) atoms. The van der Waals surface area contributed by atoms with Crippen molar-refractivity contribution in [2.24, 2.45) is 0 Å². The molecule has 0 aromatic heterocycles. The molecule has 9 heteroatoms. The summed E-state index contributed by atoms with van der Waals surface area (Å²) in [5.74, 6) is 0.524. The van der Waals surface area contributed by atoms with Gasteiger partial charge in [-0.3, -0.25) is 0 Å². The number of nitrogens with one attached hydrogen (secondary N) is 1. The van der Waals surface area contributed by atoms with E-state index >= 15 is 0 Å². The van der Waals surface area contributed by atoms with Gasteiger partial charge in [-0.25, -0.2) is 13.2 Å². The minimum absolute atomic E-state index is 0.00103. The number of likely N-dealkylation sites (tertiary alicyclic amines) is 1. The van der Waals surface area contributed by atoms with E-state index in [1.807, 2.05) is 0 Å². The summed E-state index contributed by atoms with van der Waals surface area (Å²) in [4.78, 5) is 13.5. The summed E-state index contributed by atoms with van der Waals surface area (Å²) in [7, 11) is -2.48. The van der Waals surface area contributed by atoms with Crippen LogP contribution >= 0.6 is 0 Å². The molecule has 2 N–H and O–H groups in total. The number of benzene rings is 1. The number of methoxy groups -OCH3 is 1. The molecule has 1 unspecified atom stereocenters. The Kier molecular flexibility index (Phi) is 5.84. The van der Waals surface area contributed by atoms with E-state index in [-0.39, 0.29) is 17.9 Å². The Balaban J connectivity index is 2.12. The van der Waals surface area contributed by atoms with E-state index in [4.69, 9.17) is 9.47 Å². The largest absolute Gasteiger partial charge is 0.497 e. The lowest BCUT2D eigenvalue weighted by atomic mass is 10.0. The third-order valence-electron chi connectivity index (χ3n) is 3.82. The minimum atomic E-state index is -3.96. The number of rotatable bonds is 4. The van der Waals surface area contributed by atoms with Gasteiger partial charge in [0.2, 0.25) is 10.0 Å². The summed E-state index contributed by atoms with van der Waals surface area (Å²) in [6, 6.07) is 5.82. The molecule has 146 valence electrons. The van der Waals surface area contributed by atoms with E-state index in [1.54, 1.807) is 20.8 Å². The Bertz CT molecular complexity index is 742. The van der Waals surface area contributed by atoms with Crippen molar-refractivity contribution in [3.05, 3.63) is 24.3 Å². The van der Waals surface area contributed by atoms with Gasteiger partial charge >= 0.3 is 6.09 Å². The maximum absolute atomic E-state index is 12.6. The number of piperidine rings is 1. The van der Waals surface area contributed by atoms with Crippen LogP contribution in [0.2, 0.25) is 0 Å². The van der Waals surface area contributed by atoms with Crippen LogP contribution in [0, 0.1) is 0 Å². The molecule has 0 saturated carbocycles. The Labute approximate surface area is 154 Å². The summed E-state index contributed by atoms with van der Waals surface area (Å²) in [5.41, 5.74) is -2.43. The molecule has 0 radical (unpaired) electrons. The predicted molar refractivity (Wildman–Crippen MR) is 95.3 cm³/mol. The third-order valence-corrected chi connectivity index (χ3v) is 5.36. The summed E-state index contributed by atoms with van der Waals surface area (Å²) >= 11 is 0. The fraction of sp³-hybridized carbons (Fsp3) is 0.588. The number of nitrogens with zero attached hydrogens (tertiary/aromatic N) is 1. The van der Waals surface area contributed by atoms with Crippen molar-refractivity contribution in [2.45, 2.75) is 49.8 Å². The highest BCUT2D eigenvalue weighted by molar-refractivity contribution is 7.89. The Hall–Kier alpha value is -1.84. The molecule has 0 spiro atoms. The number of carbonyl (C=O) groups is 1. The summed E-state index contributed by atoms with van der Waals surface area (Å²) in [6.07, 6.45) is 0.0574. The van der Waals surface area contributed by atoms with Crippen LogP contribution < -0.4 is 9.46 Å². The number of amides is 1. The number of aliphatic hydroxyl groups is 1. The molecule has 1 aliphatic heterocycles. The van der Waals surface area contributed by atoms with Crippen molar-refractivity contribution < 1.29 is 27.8 Å². The smallest absolute Gasteiger partial charge is 0.410 e. The van der Waals surface area contributed by atoms with Crippen LogP contribution in [0.4, 0.5) is 4.79 Å². The van der Waals surface area contributed by atoms with Crippen molar-refractivity contribution >= 4 is 16.1 Å². The maximum atomic E-state index is 12.6. The molecule has 8 nitrogen and oxygen atoms in total. The minimum Gasteiger partial charge on any atom is -0.497 e. The van der Waals surface area contributed by atoms with Crippen molar-refractivity contribution in [3.63, 3.8) is 0 Å². The molecule has 1 amide bonds. The van der Waals surface area contributed by atoms with E-state index in [9.17, 15) is 18.3 Å². The van der Waals surface area contributed by atoms with E-state index in [2.05, 4.69) is 4.72 Å². The zero-order valence-corrected chi connectivity index (χ0v) is 16.3. The molecule has 1 aromatic carbocycles. The normalized spacial score (nSPS) is 21.3. The number of hydrogen-bond donors (Lipinski definition) is 2. The second kappa shape index (κ2) is 7.42. The number of ether oxygens (including phenoxy) is 2. The van der Waals surface area contributed by atoms with E-state index in [0.29, 0.717) is 18.7 Å². The van der Waals surface area contributed by atoms with Crippen LogP contribution in [0.25, 0.3) is 0 Å². The van der Waals surface area contributed by atoms with Gasteiger partial charge in [0, 0.05) is 6.54 Å². The monoisotopic (exact) mass is 386 g/mol. The van der Waals surface area contributed by atoms with Gasteiger partial charge in [0.05, 0.1) is 18.6 Å². The van der Waals surface area contributed by atoms with Gasteiger partial charge in [-0.2, -0.15) is 4.72 Å². The van der Waals surface area contributed by atoms with Gasteiger partial charge in [0.15, 0.2) is 0 Å². The molecule has 1 aromatic rings. The van der Waals surface area contributed by atoms with Gasteiger partial charge < -0.3 is 19.5 Å². The van der Waals surface area contributed by atoms with Crippen molar-refractivity contribution in [1.29, 1.82) is 0 Å². The highest BCUT2D eigenvalue weighted by Gasteiger charge is 2.40. The standard InChI is InChI=1S/C17H26N2O6S/c1-16(2,3)25-15(20)19-11-5-10-17(21,12-19)18-26(22,23)14-8-6-13(24-4)7-9-14/h6-9,18,21H,5,10-12H2,1-4H3. The molecule has 1 heterocycles. The highest BCUT2D eigenvalue weighted by Crippen LogP contribution is 2.24. The lowest BCUT2D eigenvalue weighted by Gasteiger charge is -2.39. The first-order chi connectivity index (χ1) is 11.9. The summed E-state index contributed by atoms with van der Waals surface area (Å²) in [5, 5.41) is 10.7. The Morgan fingerprint density at radius 1 is 1.27 bits per heavy atom. The number of carbonyl (C=O) groups excluding carboxylic acids is 1. The van der Waals surface area contributed by atoms with Crippen molar-refractivity contribution in [3.8, 4) is 5.75 Å². The van der Waals surface area contributed by atoms with Gasteiger partial charge in [-0.1, -0.05) is 0 Å². The van der Waals surface area contributed by atoms with Gasteiger partial charge in [0.1, 0.15) is 17.1 Å². The lowest BCUT2D eigenvalue weighted by Crippen LogP contribution is -2.60. The first-order valence-corrected chi connectivity index (χ1v) is 9.81. The van der Waals surface area contributed by atoms with Crippen molar-refractivity contribution in [2.75, 3.05) is 20.2 Å². The molecule has 1 saturated heterocycles. The van der Waals surface area contributed by atoms with Crippen molar-refractivity contribution in [1.82, 2.24) is 9.62 Å². The number of sulfonamides is 1. The van der Waals surface area contributed by atoms with E-state index in [0.717, 1.165) is 0 Å². The average Bonchev–Trinajstić information content (AvgIpc) is 2.52. The third kappa shape index (κ3) is 5.33. The summed E-state index contributed by atoms with van der Waals surface area (Å²) in [6.45, 7) is 5.44. The maximum Gasteiger partial charge on any atom is 0.410 e. The van der Waals surface area contributed by atoms with Crippen LogP contribution in [-0.4, -0.2) is 56.0 Å². The Morgan fingerprint density at radius 2 is 1.88 bits per heavy atom. The molecular weight excluding hydrogens is 360 g/mol. The summed E-state index contributed by atoms with van der Waals surface area (Å²) < 4.78 is 37.7. The van der Waals surface area contributed by atoms with E-state index < -0.39 is 27.4 Å². The van der Waals surface area contributed by atoms with Crippen LogP contribution in [0.5, 0.6) is 5.75 Å². The van der Waals surface area contributed by atoms with E-state index in [1.165, 1.54) is 36.3 Å². The number of hydrogen-bond acceptors (Lipinski definition) is 6. The van der Waals surface area contributed by atoms with Crippen LogP contribution in [0.15, 0.2) is 29.2 Å². The number of β-amino-alcohol motifs (C(OH)–C–C–N with tert-alkyl or cyclic N) is 1. The SMILES string of the molecule is COc1ccc(S(=O)(=O)NC2(O)CCCN(C(=O)OC(C)(C)C)C2)cc1. The zero-order chi connectivity index (χ0) is 19.6. The molecule has 0 aliphatic carbocycles. The van der Waals surface area contributed by atoms with Gasteiger partial charge in [0.25, 0.3) is 0 Å². The molecule has 1 fully saturated rings. The fourth-order valence-corrected chi connectivity index (χ4v) is 3.94. The van der Waals surface area contributed by atoms with Gasteiger partial charge in [-0.15, -0.1) is 0 Å². The molecule has 1 aliphatic rings. The van der Waals surface area contributed by atoms with Gasteiger partial charge in [-0.05, 0) is 57.9 Å². The molecular formula is C17H26N2O6S. The van der Waals surface area contributed by atoms with Crippen LogP contribution in [0.1, 0.15) is 33.6 Å². The average molecular weight is 386 g/mol. The first kappa shape index (κ1) is 20.5. The van der Waals surface area contributed by atoms with Crippen LogP contribution in [-0.2, 0) is 14.8 Å². The quantitative estimate of drug-likeness (QED) is 0.763. The first-order valence-electron chi connectivity index (χ1n) is 8.32. The van der Waals surface area contributed by atoms with Crippen LogP contribution in [0.3, 0.4) is 0 Å². The highest BCUT2D eigenvalue weighted by atomic mass is 32.2.